The Morgan fingerprint density at radius 2 is 1.15 bits per heavy atom. The van der Waals surface area contributed by atoms with Crippen LogP contribution in [0.25, 0.3) is 80.7 Å². The fourth-order valence-electron chi connectivity index (χ4n) is 8.05. The Kier molecular flexibility index (Phi) is 6.60. The van der Waals surface area contributed by atoms with Gasteiger partial charge in [-0.2, -0.15) is 0 Å². The lowest BCUT2D eigenvalue weighted by Gasteiger charge is -2.26. The molecule has 0 spiro atoms. The second-order valence-electron chi connectivity index (χ2n) is 13.5. The molecule has 0 atom stereocenters. The maximum absolute atomic E-state index is 13.9. The normalized spacial score (nSPS) is 11.9. The van der Waals surface area contributed by atoms with Gasteiger partial charge in [0.1, 0.15) is 17.0 Å². The number of hydrogen-bond acceptors (Lipinski definition) is 3. The van der Waals surface area contributed by atoms with E-state index in [-0.39, 0.29) is 5.82 Å². The summed E-state index contributed by atoms with van der Waals surface area (Å²) in [5.74, 6) is -0.242. The predicted molar refractivity (Wildman–Crippen MR) is 221 cm³/mol. The molecule has 5 heteroatoms. The lowest BCUT2D eigenvalue weighted by molar-refractivity contribution is 0.627. The van der Waals surface area contributed by atoms with Gasteiger partial charge in [-0.25, -0.2) is 4.39 Å². The molecule has 0 N–H and O–H groups in total. The van der Waals surface area contributed by atoms with Crippen LogP contribution in [-0.4, -0.2) is 4.57 Å². The highest BCUT2D eigenvalue weighted by Gasteiger charge is 2.21. The molecule has 0 fully saturated rings. The molecule has 0 aliphatic rings. The highest BCUT2D eigenvalue weighted by atomic mass is 32.1. The summed E-state index contributed by atoms with van der Waals surface area (Å²) in [6, 6.07) is 60.7. The van der Waals surface area contributed by atoms with E-state index in [1.165, 1.54) is 32.3 Å². The van der Waals surface area contributed by atoms with E-state index in [2.05, 4.69) is 149 Å². The molecule has 8 aromatic carbocycles. The lowest BCUT2D eigenvalue weighted by atomic mass is 10.0. The Bertz CT molecular complexity index is 3190. The molecule has 0 amide bonds. The van der Waals surface area contributed by atoms with Gasteiger partial charge < -0.3 is 13.9 Å². The number of para-hydroxylation sites is 2. The van der Waals surface area contributed by atoms with Crippen molar-refractivity contribution in [3.05, 3.63) is 182 Å². The third-order valence-electron chi connectivity index (χ3n) is 10.5. The molecule has 0 saturated heterocycles. The van der Waals surface area contributed by atoms with Gasteiger partial charge in [0.2, 0.25) is 0 Å². The molecule has 0 radical (unpaired) electrons. The van der Waals surface area contributed by atoms with E-state index in [4.69, 9.17) is 4.42 Å². The number of benzene rings is 8. The summed E-state index contributed by atoms with van der Waals surface area (Å²) in [5.41, 5.74) is 10.3. The van der Waals surface area contributed by atoms with Gasteiger partial charge in [-0.05, 0) is 108 Å². The topological polar surface area (TPSA) is 21.3 Å². The maximum atomic E-state index is 13.9. The zero-order valence-electron chi connectivity index (χ0n) is 28.3. The van der Waals surface area contributed by atoms with Crippen molar-refractivity contribution < 1.29 is 8.81 Å². The first-order valence-corrected chi connectivity index (χ1v) is 18.5. The Morgan fingerprint density at radius 1 is 0.472 bits per heavy atom. The first kappa shape index (κ1) is 30.0. The predicted octanol–water partition coefficient (Wildman–Crippen LogP) is 14.3. The summed E-state index contributed by atoms with van der Waals surface area (Å²) in [4.78, 5) is 2.36. The van der Waals surface area contributed by atoms with E-state index in [1.807, 2.05) is 35.6 Å². The van der Waals surface area contributed by atoms with Crippen LogP contribution >= 0.6 is 11.3 Å². The van der Waals surface area contributed by atoms with Gasteiger partial charge in [0, 0.05) is 53.4 Å². The van der Waals surface area contributed by atoms with E-state index < -0.39 is 0 Å². The first-order chi connectivity index (χ1) is 26.2. The largest absolute Gasteiger partial charge is 0.456 e. The average molecular weight is 701 g/mol. The van der Waals surface area contributed by atoms with E-state index in [0.717, 1.165) is 77.6 Å². The summed E-state index contributed by atoms with van der Waals surface area (Å²) >= 11 is 1.83. The standard InChI is InChI=1S/C48H29FN2OS/c49-32-19-23-34(24-20-32)51-41-11-4-1-8-36(41)39-28-31(18-26-42(39)51)30-16-21-33(22-17-30)50(35-25-27-47-40(29-35)37-9-3-6-15-46(37)53-47)43-12-7-14-45-48(43)38-10-2-5-13-44(38)52-45/h1-29H. The Balaban J connectivity index is 1.07. The van der Waals surface area contributed by atoms with Crippen molar-refractivity contribution in [3.63, 3.8) is 0 Å². The molecule has 53 heavy (non-hydrogen) atoms. The maximum Gasteiger partial charge on any atom is 0.137 e. The molecule has 3 heterocycles. The van der Waals surface area contributed by atoms with Crippen LogP contribution < -0.4 is 4.90 Å². The van der Waals surface area contributed by atoms with Crippen LogP contribution in [0.5, 0.6) is 0 Å². The van der Waals surface area contributed by atoms with Crippen LogP contribution in [-0.2, 0) is 0 Å². The average Bonchev–Trinajstić information content (AvgIpc) is 3.88. The number of thiophene rings is 1. The molecular formula is C48H29FN2OS. The number of nitrogens with zero attached hydrogens (tertiary/aromatic N) is 2. The number of fused-ring (bicyclic) bond motifs is 9. The molecule has 0 bridgehead atoms. The van der Waals surface area contributed by atoms with Gasteiger partial charge in [0.25, 0.3) is 0 Å². The number of rotatable bonds is 5. The number of furan rings is 1. The minimum atomic E-state index is -0.242. The van der Waals surface area contributed by atoms with Crippen LogP contribution in [0.3, 0.4) is 0 Å². The molecule has 11 aromatic rings. The Morgan fingerprint density at radius 3 is 2.02 bits per heavy atom. The SMILES string of the molecule is Fc1ccc(-n2c3ccccc3c3cc(-c4ccc(N(c5ccc6sc7ccccc7c6c5)c5cccc6oc7ccccc7c56)cc4)ccc32)cc1. The second-order valence-corrected chi connectivity index (χ2v) is 14.6. The molecule has 11 rings (SSSR count). The zero-order valence-corrected chi connectivity index (χ0v) is 29.1. The summed E-state index contributed by atoms with van der Waals surface area (Å²) in [5, 5.41) is 7.02. The first-order valence-electron chi connectivity index (χ1n) is 17.7. The summed E-state index contributed by atoms with van der Waals surface area (Å²) < 4.78 is 25.0. The lowest BCUT2D eigenvalue weighted by Crippen LogP contribution is -2.10. The van der Waals surface area contributed by atoms with Gasteiger partial charge in [0.15, 0.2) is 0 Å². The van der Waals surface area contributed by atoms with Crippen molar-refractivity contribution in [1.29, 1.82) is 0 Å². The van der Waals surface area contributed by atoms with Gasteiger partial charge in [-0.3, -0.25) is 0 Å². The van der Waals surface area contributed by atoms with E-state index in [1.54, 1.807) is 0 Å². The fraction of sp³-hybridized carbons (Fsp3) is 0. The quantitative estimate of drug-likeness (QED) is 0.178. The van der Waals surface area contributed by atoms with E-state index in [9.17, 15) is 4.39 Å². The third-order valence-corrected chi connectivity index (χ3v) is 11.6. The van der Waals surface area contributed by atoms with Crippen molar-refractivity contribution in [3.8, 4) is 16.8 Å². The highest BCUT2D eigenvalue weighted by Crippen LogP contribution is 2.45. The summed E-state index contributed by atoms with van der Waals surface area (Å²) in [7, 11) is 0. The number of anilines is 3. The zero-order chi connectivity index (χ0) is 35.0. The van der Waals surface area contributed by atoms with Gasteiger partial charge >= 0.3 is 0 Å². The van der Waals surface area contributed by atoms with Gasteiger partial charge in [-0.1, -0.05) is 78.9 Å². The summed E-state index contributed by atoms with van der Waals surface area (Å²) in [6.07, 6.45) is 0. The van der Waals surface area contributed by atoms with Crippen LogP contribution in [0.15, 0.2) is 180 Å². The third kappa shape index (κ3) is 4.71. The van der Waals surface area contributed by atoms with Crippen LogP contribution in [0.1, 0.15) is 0 Å². The number of hydrogen-bond donors (Lipinski definition) is 0. The van der Waals surface area contributed by atoms with Crippen molar-refractivity contribution in [2.24, 2.45) is 0 Å². The molecule has 0 aliphatic heterocycles. The van der Waals surface area contributed by atoms with Crippen molar-refractivity contribution in [2.75, 3.05) is 4.90 Å². The van der Waals surface area contributed by atoms with Gasteiger partial charge in [-0.15, -0.1) is 11.3 Å². The molecular weight excluding hydrogens is 672 g/mol. The van der Waals surface area contributed by atoms with Crippen molar-refractivity contribution in [1.82, 2.24) is 4.57 Å². The number of halogens is 1. The minimum absolute atomic E-state index is 0.242. The van der Waals surface area contributed by atoms with E-state index >= 15 is 0 Å². The molecule has 0 saturated carbocycles. The van der Waals surface area contributed by atoms with E-state index in [0.29, 0.717) is 0 Å². The Hall–Kier alpha value is -6.69. The molecule has 0 unspecified atom stereocenters. The molecule has 0 aliphatic carbocycles. The smallest absolute Gasteiger partial charge is 0.137 e. The Labute approximate surface area is 308 Å². The summed E-state index contributed by atoms with van der Waals surface area (Å²) in [6.45, 7) is 0. The number of aromatic nitrogens is 1. The molecule has 250 valence electrons. The fourth-order valence-corrected chi connectivity index (χ4v) is 9.13. The highest BCUT2D eigenvalue weighted by molar-refractivity contribution is 7.25. The molecule has 3 nitrogen and oxygen atoms in total. The van der Waals surface area contributed by atoms with Crippen molar-refractivity contribution >= 4 is 92.3 Å². The molecule has 3 aromatic heterocycles. The second kappa shape index (κ2) is 11.7. The minimum Gasteiger partial charge on any atom is -0.456 e. The van der Waals surface area contributed by atoms with Crippen molar-refractivity contribution in [2.45, 2.75) is 0 Å². The van der Waals surface area contributed by atoms with Gasteiger partial charge in [0.05, 0.1) is 22.1 Å². The van der Waals surface area contributed by atoms with Crippen LogP contribution in [0, 0.1) is 5.82 Å². The van der Waals surface area contributed by atoms with Crippen LogP contribution in [0.4, 0.5) is 21.5 Å². The monoisotopic (exact) mass is 700 g/mol. The van der Waals surface area contributed by atoms with Crippen LogP contribution in [0.2, 0.25) is 0 Å².